The quantitative estimate of drug-likeness (QED) is 0.634. The molecule has 4 N–H and O–H groups in total. The summed E-state index contributed by atoms with van der Waals surface area (Å²) in [5.41, 5.74) is 6.82. The summed E-state index contributed by atoms with van der Waals surface area (Å²) in [5, 5.41) is 18.2. The van der Waals surface area contributed by atoms with Gasteiger partial charge in [0.25, 0.3) is 0 Å². The molecule has 0 unspecified atom stereocenters. The van der Waals surface area contributed by atoms with Gasteiger partial charge in [0.1, 0.15) is 0 Å². The van der Waals surface area contributed by atoms with Crippen LogP contribution in [0.2, 0.25) is 0 Å². The highest BCUT2D eigenvalue weighted by Gasteiger charge is 2.15. The minimum absolute atomic E-state index is 0.0602. The number of nitrogens with zero attached hydrogens (tertiary/aromatic N) is 1. The summed E-state index contributed by atoms with van der Waals surface area (Å²) in [5.74, 6) is -1.01. The van der Waals surface area contributed by atoms with Gasteiger partial charge in [0.05, 0.1) is 12.2 Å². The Bertz CT molecular complexity index is 401. The Hall–Kier alpha value is -1.59. The average Bonchev–Trinajstić information content (AvgIpc) is 2.29. The van der Waals surface area contributed by atoms with E-state index < -0.39 is 5.97 Å². The molecular formula is C13H20N2O3. The summed E-state index contributed by atoms with van der Waals surface area (Å²) in [7, 11) is 0. The second-order valence-corrected chi connectivity index (χ2v) is 4.19. The van der Waals surface area contributed by atoms with Crippen molar-refractivity contribution >= 4 is 11.7 Å². The Morgan fingerprint density at radius 1 is 1.39 bits per heavy atom. The molecule has 0 amide bonds. The van der Waals surface area contributed by atoms with Crippen molar-refractivity contribution < 1.29 is 15.0 Å². The van der Waals surface area contributed by atoms with Crippen molar-refractivity contribution in [2.24, 2.45) is 0 Å². The summed E-state index contributed by atoms with van der Waals surface area (Å²) in [4.78, 5) is 13.2. The van der Waals surface area contributed by atoms with Crippen LogP contribution in [0.25, 0.3) is 0 Å². The number of anilines is 1. The Kier molecular flexibility index (Phi) is 5.61. The summed E-state index contributed by atoms with van der Waals surface area (Å²) in [6.07, 6.45) is 0.949. The zero-order chi connectivity index (χ0) is 13.5. The molecule has 100 valence electrons. The summed E-state index contributed by atoms with van der Waals surface area (Å²) in [6, 6.07) is 5.10. The van der Waals surface area contributed by atoms with E-state index in [1.807, 2.05) is 11.8 Å². The average molecular weight is 252 g/mol. The highest BCUT2D eigenvalue weighted by Crippen LogP contribution is 2.18. The zero-order valence-electron chi connectivity index (χ0n) is 10.6. The summed E-state index contributed by atoms with van der Waals surface area (Å²) in [6.45, 7) is 3.93. The third-order valence-electron chi connectivity index (χ3n) is 2.75. The lowest BCUT2D eigenvalue weighted by molar-refractivity contribution is 0.0695. The van der Waals surface area contributed by atoms with Crippen LogP contribution in [0.1, 0.15) is 29.3 Å². The second kappa shape index (κ2) is 6.98. The highest BCUT2D eigenvalue weighted by molar-refractivity contribution is 5.95. The van der Waals surface area contributed by atoms with E-state index in [0.717, 1.165) is 13.0 Å². The Morgan fingerprint density at radius 2 is 2.11 bits per heavy atom. The maximum atomic E-state index is 11.2. The van der Waals surface area contributed by atoms with E-state index in [0.29, 0.717) is 18.7 Å². The number of carbonyl (C=O) groups is 1. The van der Waals surface area contributed by atoms with Gasteiger partial charge < -0.3 is 15.9 Å². The van der Waals surface area contributed by atoms with Crippen molar-refractivity contribution in [2.45, 2.75) is 19.9 Å². The summed E-state index contributed by atoms with van der Waals surface area (Å²) < 4.78 is 0. The smallest absolute Gasteiger partial charge is 0.338 e. The van der Waals surface area contributed by atoms with E-state index in [1.54, 1.807) is 18.2 Å². The van der Waals surface area contributed by atoms with Crippen LogP contribution in [0, 0.1) is 0 Å². The number of nitrogens with two attached hydrogens (primary N) is 1. The summed E-state index contributed by atoms with van der Waals surface area (Å²) >= 11 is 0. The van der Waals surface area contributed by atoms with Gasteiger partial charge in [-0.3, -0.25) is 4.90 Å². The molecule has 0 aliphatic heterocycles. The van der Waals surface area contributed by atoms with Crippen LogP contribution in [-0.4, -0.2) is 40.8 Å². The number of hydrogen-bond donors (Lipinski definition) is 3. The molecule has 0 aromatic heterocycles. The number of benzene rings is 1. The lowest BCUT2D eigenvalue weighted by atomic mass is 10.0. The van der Waals surface area contributed by atoms with Crippen molar-refractivity contribution in [1.82, 2.24) is 4.90 Å². The fourth-order valence-corrected chi connectivity index (χ4v) is 1.98. The molecule has 0 saturated carbocycles. The molecule has 1 aromatic carbocycles. The number of rotatable bonds is 7. The maximum absolute atomic E-state index is 11.2. The third kappa shape index (κ3) is 3.72. The highest BCUT2D eigenvalue weighted by atomic mass is 16.4. The number of carboxylic acids is 1. The minimum atomic E-state index is -1.01. The molecule has 0 fully saturated rings. The van der Waals surface area contributed by atoms with E-state index in [1.165, 1.54) is 0 Å². The normalized spacial score (nSPS) is 10.8. The molecule has 0 aliphatic rings. The SMILES string of the molecule is CCCN(CCO)Cc1cccc(N)c1C(=O)O. The van der Waals surface area contributed by atoms with Gasteiger partial charge in [-0.2, -0.15) is 0 Å². The number of aliphatic hydroxyl groups is 1. The molecule has 0 spiro atoms. The van der Waals surface area contributed by atoms with E-state index in [4.69, 9.17) is 10.8 Å². The van der Waals surface area contributed by atoms with Gasteiger partial charge in [-0.05, 0) is 24.6 Å². The van der Waals surface area contributed by atoms with Gasteiger partial charge in [0, 0.05) is 18.8 Å². The molecule has 1 rings (SSSR count). The first kappa shape index (κ1) is 14.5. The van der Waals surface area contributed by atoms with Crippen molar-refractivity contribution in [2.75, 3.05) is 25.4 Å². The number of hydrogen-bond acceptors (Lipinski definition) is 4. The van der Waals surface area contributed by atoms with E-state index in [-0.39, 0.29) is 17.9 Å². The van der Waals surface area contributed by atoms with Crippen LogP contribution in [0.4, 0.5) is 5.69 Å². The molecule has 0 radical (unpaired) electrons. The predicted molar refractivity (Wildman–Crippen MR) is 70.5 cm³/mol. The minimum Gasteiger partial charge on any atom is -0.478 e. The Labute approximate surface area is 107 Å². The van der Waals surface area contributed by atoms with Gasteiger partial charge in [0.2, 0.25) is 0 Å². The first-order valence-corrected chi connectivity index (χ1v) is 6.04. The monoisotopic (exact) mass is 252 g/mol. The van der Waals surface area contributed by atoms with Crippen LogP contribution in [-0.2, 0) is 6.54 Å². The second-order valence-electron chi connectivity index (χ2n) is 4.19. The fourth-order valence-electron chi connectivity index (χ4n) is 1.98. The van der Waals surface area contributed by atoms with Gasteiger partial charge in [0.15, 0.2) is 0 Å². The van der Waals surface area contributed by atoms with Crippen LogP contribution in [0.15, 0.2) is 18.2 Å². The third-order valence-corrected chi connectivity index (χ3v) is 2.75. The fraction of sp³-hybridized carbons (Fsp3) is 0.462. The largest absolute Gasteiger partial charge is 0.478 e. The van der Waals surface area contributed by atoms with E-state index in [2.05, 4.69) is 0 Å². The number of nitrogen functional groups attached to an aromatic ring is 1. The first-order chi connectivity index (χ1) is 8.60. The maximum Gasteiger partial charge on any atom is 0.338 e. The van der Waals surface area contributed by atoms with Gasteiger partial charge >= 0.3 is 5.97 Å². The number of aliphatic hydroxyl groups excluding tert-OH is 1. The molecule has 0 atom stereocenters. The molecule has 0 heterocycles. The number of carboxylic acid groups (broad SMARTS) is 1. The lowest BCUT2D eigenvalue weighted by Crippen LogP contribution is -2.28. The molecule has 5 heteroatoms. The zero-order valence-corrected chi connectivity index (χ0v) is 10.6. The molecular weight excluding hydrogens is 232 g/mol. The molecule has 0 saturated heterocycles. The van der Waals surface area contributed by atoms with E-state index >= 15 is 0 Å². The topological polar surface area (TPSA) is 86.8 Å². The lowest BCUT2D eigenvalue weighted by Gasteiger charge is -2.21. The van der Waals surface area contributed by atoms with E-state index in [9.17, 15) is 9.90 Å². The van der Waals surface area contributed by atoms with Gasteiger partial charge in [-0.25, -0.2) is 4.79 Å². The van der Waals surface area contributed by atoms with Crippen LogP contribution in [0.3, 0.4) is 0 Å². The van der Waals surface area contributed by atoms with Gasteiger partial charge in [-0.15, -0.1) is 0 Å². The van der Waals surface area contributed by atoms with Gasteiger partial charge in [-0.1, -0.05) is 19.1 Å². The van der Waals surface area contributed by atoms with Crippen LogP contribution >= 0.6 is 0 Å². The molecule has 1 aromatic rings. The van der Waals surface area contributed by atoms with Crippen LogP contribution in [0.5, 0.6) is 0 Å². The van der Waals surface area contributed by atoms with Crippen molar-refractivity contribution in [3.05, 3.63) is 29.3 Å². The Balaban J connectivity index is 2.94. The Morgan fingerprint density at radius 3 is 2.67 bits per heavy atom. The standard InChI is InChI=1S/C13H20N2O3/c1-2-6-15(7-8-16)9-10-4-3-5-11(14)12(10)13(17)18/h3-5,16H,2,6-9,14H2,1H3,(H,17,18). The van der Waals surface area contributed by atoms with Crippen molar-refractivity contribution in [3.8, 4) is 0 Å². The molecule has 18 heavy (non-hydrogen) atoms. The molecule has 0 aliphatic carbocycles. The van der Waals surface area contributed by atoms with Crippen LogP contribution < -0.4 is 5.73 Å². The molecule has 0 bridgehead atoms. The molecule has 5 nitrogen and oxygen atoms in total. The number of aromatic carboxylic acids is 1. The predicted octanol–water partition coefficient (Wildman–Crippen LogP) is 1.17. The van der Waals surface area contributed by atoms with Crippen molar-refractivity contribution in [3.63, 3.8) is 0 Å². The first-order valence-electron chi connectivity index (χ1n) is 6.04. The van der Waals surface area contributed by atoms with Crippen molar-refractivity contribution in [1.29, 1.82) is 0 Å².